The third kappa shape index (κ3) is 3.86. The van der Waals surface area contributed by atoms with Crippen molar-refractivity contribution in [2.45, 2.75) is 32.2 Å². The van der Waals surface area contributed by atoms with E-state index in [1.807, 2.05) is 6.92 Å². The number of amides is 1. The van der Waals surface area contributed by atoms with Crippen LogP contribution in [0.4, 0.5) is 4.39 Å². The number of piperidine rings is 1. The molecule has 102 valence electrons. The zero-order chi connectivity index (χ0) is 13.7. The van der Waals surface area contributed by atoms with E-state index in [0.717, 1.165) is 18.7 Å². The van der Waals surface area contributed by atoms with Gasteiger partial charge in [-0.25, -0.2) is 9.82 Å². The Kier molecular flexibility index (Phi) is 4.63. The van der Waals surface area contributed by atoms with Gasteiger partial charge in [-0.2, -0.15) is 5.10 Å². The van der Waals surface area contributed by atoms with Crippen molar-refractivity contribution in [1.82, 2.24) is 10.7 Å². The Morgan fingerprint density at radius 1 is 1.47 bits per heavy atom. The molecule has 1 unspecified atom stereocenters. The predicted octanol–water partition coefficient (Wildman–Crippen LogP) is 2.07. The van der Waals surface area contributed by atoms with E-state index in [4.69, 9.17) is 0 Å². The molecule has 1 amide bonds. The lowest BCUT2D eigenvalue weighted by Crippen LogP contribution is -2.40. The Balaban J connectivity index is 1.95. The summed E-state index contributed by atoms with van der Waals surface area (Å²) in [5.41, 5.74) is 3.59. The predicted molar refractivity (Wildman–Crippen MR) is 72.6 cm³/mol. The van der Waals surface area contributed by atoms with Gasteiger partial charge in [0.05, 0.1) is 5.71 Å². The summed E-state index contributed by atoms with van der Waals surface area (Å²) >= 11 is 0. The van der Waals surface area contributed by atoms with Crippen LogP contribution in [-0.4, -0.2) is 24.2 Å². The summed E-state index contributed by atoms with van der Waals surface area (Å²) < 4.78 is 13.0. The van der Waals surface area contributed by atoms with Crippen molar-refractivity contribution in [2.24, 2.45) is 5.10 Å². The summed E-state index contributed by atoms with van der Waals surface area (Å²) in [5.74, 6) is -0.822. The van der Waals surface area contributed by atoms with Gasteiger partial charge in [-0.05, 0) is 44.5 Å². The Bertz CT molecular complexity index is 481. The topological polar surface area (TPSA) is 53.5 Å². The van der Waals surface area contributed by atoms with E-state index in [1.54, 1.807) is 6.07 Å². The van der Waals surface area contributed by atoms with Crippen LogP contribution in [0, 0.1) is 5.82 Å². The van der Waals surface area contributed by atoms with Crippen molar-refractivity contribution in [3.05, 3.63) is 35.6 Å². The average Bonchev–Trinajstić information content (AvgIpc) is 2.45. The monoisotopic (exact) mass is 263 g/mol. The van der Waals surface area contributed by atoms with E-state index in [-0.39, 0.29) is 11.6 Å². The number of carbonyl (C=O) groups excluding carboxylic acids is 1. The number of hydrazone groups is 1. The number of rotatable bonds is 3. The molecule has 1 atom stereocenters. The maximum Gasteiger partial charge on any atom is 0.271 e. The normalized spacial score (nSPS) is 20.1. The lowest BCUT2D eigenvalue weighted by atomic mass is 10.0. The summed E-state index contributed by atoms with van der Waals surface area (Å²) in [6.45, 7) is 2.87. The first kappa shape index (κ1) is 13.7. The average molecular weight is 263 g/mol. The van der Waals surface area contributed by atoms with Gasteiger partial charge >= 0.3 is 0 Å². The molecule has 2 rings (SSSR count). The maximum atomic E-state index is 13.0. The first-order chi connectivity index (χ1) is 9.16. The van der Waals surface area contributed by atoms with Crippen LogP contribution in [0.5, 0.6) is 0 Å². The van der Waals surface area contributed by atoms with Crippen molar-refractivity contribution in [1.29, 1.82) is 0 Å². The Hall–Kier alpha value is -1.75. The fraction of sp³-hybridized carbons (Fsp3) is 0.429. The lowest BCUT2D eigenvalue weighted by Gasteiger charge is -2.23. The third-order valence-corrected chi connectivity index (χ3v) is 3.24. The molecule has 5 heteroatoms. The molecule has 1 saturated heterocycles. The molecule has 1 aliphatic rings. The highest BCUT2D eigenvalue weighted by atomic mass is 19.1. The van der Waals surface area contributed by atoms with Crippen LogP contribution in [0.1, 0.15) is 36.5 Å². The summed E-state index contributed by atoms with van der Waals surface area (Å²) in [7, 11) is 0. The number of halogens is 1. The van der Waals surface area contributed by atoms with E-state index < -0.39 is 11.7 Å². The van der Waals surface area contributed by atoms with Crippen LogP contribution < -0.4 is 10.7 Å². The van der Waals surface area contributed by atoms with E-state index in [2.05, 4.69) is 15.8 Å². The highest BCUT2D eigenvalue weighted by Crippen LogP contribution is 2.08. The smallest absolute Gasteiger partial charge is 0.271 e. The molecule has 0 aliphatic carbocycles. The summed E-state index contributed by atoms with van der Waals surface area (Å²) in [4.78, 5) is 11.8. The van der Waals surface area contributed by atoms with E-state index in [9.17, 15) is 9.18 Å². The quantitative estimate of drug-likeness (QED) is 0.648. The number of benzene rings is 1. The van der Waals surface area contributed by atoms with Gasteiger partial charge in [0.25, 0.3) is 5.91 Å². The van der Waals surface area contributed by atoms with Gasteiger partial charge in [-0.15, -0.1) is 0 Å². The standard InChI is InChI=1S/C14H18FN3O/c1-10(13-7-2-3-8-16-13)17-18-14(19)11-5-4-6-12(15)9-11/h4-6,9,13,16H,2-3,7-8H2,1H3,(H,18,19)/b17-10+. The fourth-order valence-corrected chi connectivity index (χ4v) is 2.12. The van der Waals surface area contributed by atoms with Crippen LogP contribution >= 0.6 is 0 Å². The van der Waals surface area contributed by atoms with Crippen molar-refractivity contribution < 1.29 is 9.18 Å². The number of nitrogens with one attached hydrogen (secondary N) is 2. The molecule has 1 heterocycles. The van der Waals surface area contributed by atoms with E-state index >= 15 is 0 Å². The molecule has 1 aromatic carbocycles. The van der Waals surface area contributed by atoms with Crippen LogP contribution in [0.15, 0.2) is 29.4 Å². The second-order valence-corrected chi connectivity index (χ2v) is 4.71. The molecule has 0 radical (unpaired) electrons. The summed E-state index contributed by atoms with van der Waals surface area (Å²) in [5, 5.41) is 7.44. The first-order valence-corrected chi connectivity index (χ1v) is 6.50. The summed E-state index contributed by atoms with van der Waals surface area (Å²) in [6.07, 6.45) is 3.38. The number of nitrogens with zero attached hydrogens (tertiary/aromatic N) is 1. The fourth-order valence-electron chi connectivity index (χ4n) is 2.12. The number of hydrogen-bond acceptors (Lipinski definition) is 3. The van der Waals surface area contributed by atoms with Crippen molar-refractivity contribution in [3.8, 4) is 0 Å². The summed E-state index contributed by atoms with van der Waals surface area (Å²) in [6, 6.07) is 5.78. The third-order valence-electron chi connectivity index (χ3n) is 3.24. The molecule has 0 saturated carbocycles. The zero-order valence-corrected chi connectivity index (χ0v) is 10.9. The molecule has 1 fully saturated rings. The Morgan fingerprint density at radius 2 is 2.32 bits per heavy atom. The second kappa shape index (κ2) is 6.43. The van der Waals surface area contributed by atoms with Gasteiger partial charge in [0.1, 0.15) is 5.82 Å². The number of hydrogen-bond donors (Lipinski definition) is 2. The molecule has 19 heavy (non-hydrogen) atoms. The van der Waals surface area contributed by atoms with Crippen LogP contribution in [0.3, 0.4) is 0 Å². The molecular formula is C14H18FN3O. The second-order valence-electron chi connectivity index (χ2n) is 4.71. The minimum atomic E-state index is -0.428. The van der Waals surface area contributed by atoms with Crippen LogP contribution in [0.25, 0.3) is 0 Å². The van der Waals surface area contributed by atoms with Crippen molar-refractivity contribution in [3.63, 3.8) is 0 Å². The Labute approximate surface area is 112 Å². The van der Waals surface area contributed by atoms with Gasteiger partial charge in [-0.1, -0.05) is 12.5 Å². The highest BCUT2D eigenvalue weighted by molar-refractivity contribution is 5.95. The minimum absolute atomic E-state index is 0.224. The molecule has 0 bridgehead atoms. The van der Waals surface area contributed by atoms with Crippen molar-refractivity contribution >= 4 is 11.6 Å². The van der Waals surface area contributed by atoms with Crippen molar-refractivity contribution in [2.75, 3.05) is 6.54 Å². The SMILES string of the molecule is C/C(=N\NC(=O)c1cccc(F)c1)C1CCCCN1. The zero-order valence-electron chi connectivity index (χ0n) is 10.9. The Morgan fingerprint density at radius 3 is 3.00 bits per heavy atom. The molecule has 2 N–H and O–H groups in total. The van der Waals surface area contributed by atoms with E-state index in [0.29, 0.717) is 0 Å². The van der Waals surface area contributed by atoms with Gasteiger partial charge in [0.15, 0.2) is 0 Å². The van der Waals surface area contributed by atoms with Gasteiger partial charge < -0.3 is 5.32 Å². The van der Waals surface area contributed by atoms with Crippen LogP contribution in [-0.2, 0) is 0 Å². The number of carbonyl (C=O) groups is 1. The molecule has 1 aliphatic heterocycles. The van der Waals surface area contributed by atoms with E-state index in [1.165, 1.54) is 31.0 Å². The maximum absolute atomic E-state index is 13.0. The largest absolute Gasteiger partial charge is 0.309 e. The van der Waals surface area contributed by atoms with Crippen LogP contribution in [0.2, 0.25) is 0 Å². The molecule has 1 aromatic rings. The first-order valence-electron chi connectivity index (χ1n) is 6.50. The molecular weight excluding hydrogens is 245 g/mol. The molecule has 0 spiro atoms. The highest BCUT2D eigenvalue weighted by Gasteiger charge is 2.15. The molecule has 0 aromatic heterocycles. The van der Waals surface area contributed by atoms with Gasteiger partial charge in [0.2, 0.25) is 0 Å². The molecule has 4 nitrogen and oxygen atoms in total. The van der Waals surface area contributed by atoms with Gasteiger partial charge in [-0.3, -0.25) is 4.79 Å². The minimum Gasteiger partial charge on any atom is -0.309 e. The van der Waals surface area contributed by atoms with Gasteiger partial charge in [0, 0.05) is 11.6 Å². The lowest BCUT2D eigenvalue weighted by molar-refractivity contribution is 0.0954.